The molecule has 0 spiro atoms. The second kappa shape index (κ2) is 3.17. The van der Waals surface area contributed by atoms with Crippen LogP contribution in [0, 0.1) is 12.3 Å². The Labute approximate surface area is 70.7 Å². The van der Waals surface area contributed by atoms with Crippen molar-refractivity contribution in [1.82, 2.24) is 0 Å². The molecule has 0 saturated carbocycles. The molecule has 0 heterocycles. The summed E-state index contributed by atoms with van der Waals surface area (Å²) >= 11 is 0. The van der Waals surface area contributed by atoms with E-state index in [0.717, 1.165) is 5.56 Å². The maximum Gasteiger partial charge on any atom is 0.267 e. The maximum absolute atomic E-state index is 10.6. The van der Waals surface area contributed by atoms with Gasteiger partial charge in [0.25, 0.3) is 5.91 Å². The highest BCUT2D eigenvalue weighted by molar-refractivity contribution is 6.43. The molecule has 62 valence electrons. The van der Waals surface area contributed by atoms with Gasteiger partial charge >= 0.3 is 0 Å². The van der Waals surface area contributed by atoms with E-state index in [1.807, 2.05) is 19.1 Å². The molecule has 0 saturated heterocycles. The molecular formula is C9H10N2O. The summed E-state index contributed by atoms with van der Waals surface area (Å²) in [6, 6.07) is 7.18. The topological polar surface area (TPSA) is 66.9 Å². The second-order valence-electron chi connectivity index (χ2n) is 2.55. The molecule has 1 rings (SSSR count). The Morgan fingerprint density at radius 3 is 2.50 bits per heavy atom. The lowest BCUT2D eigenvalue weighted by Crippen LogP contribution is -2.23. The normalized spacial score (nSPS) is 9.42. The van der Waals surface area contributed by atoms with Crippen molar-refractivity contribution in [2.75, 3.05) is 0 Å². The number of rotatable bonds is 2. The van der Waals surface area contributed by atoms with Gasteiger partial charge in [-0.1, -0.05) is 24.3 Å². The molecule has 0 bridgehead atoms. The summed E-state index contributed by atoms with van der Waals surface area (Å²) in [5, 5.41) is 7.35. The van der Waals surface area contributed by atoms with Gasteiger partial charge in [-0.3, -0.25) is 10.2 Å². The van der Waals surface area contributed by atoms with Crippen molar-refractivity contribution in [1.29, 1.82) is 5.41 Å². The third-order valence-corrected chi connectivity index (χ3v) is 1.66. The number of carbonyl (C=O) groups is 1. The minimum absolute atomic E-state index is 0.131. The Bertz CT molecular complexity index is 331. The van der Waals surface area contributed by atoms with Crippen LogP contribution >= 0.6 is 0 Å². The fourth-order valence-corrected chi connectivity index (χ4v) is 0.986. The van der Waals surface area contributed by atoms with E-state index >= 15 is 0 Å². The number of primary amides is 1. The summed E-state index contributed by atoms with van der Waals surface area (Å²) in [6.07, 6.45) is 0. The molecule has 0 fully saturated rings. The largest absolute Gasteiger partial charge is 0.364 e. The molecule has 0 atom stereocenters. The second-order valence-corrected chi connectivity index (χ2v) is 2.55. The van der Waals surface area contributed by atoms with Crippen LogP contribution in [0.3, 0.4) is 0 Å². The first-order chi connectivity index (χ1) is 5.63. The predicted octanol–water partition coefficient (Wildman–Crippen LogP) is 0.848. The number of benzene rings is 1. The van der Waals surface area contributed by atoms with E-state index in [9.17, 15) is 4.79 Å². The van der Waals surface area contributed by atoms with E-state index in [1.54, 1.807) is 12.1 Å². The SMILES string of the molecule is Cc1ccccc1C(=N)C(N)=O. The van der Waals surface area contributed by atoms with Gasteiger partial charge in [-0.2, -0.15) is 0 Å². The van der Waals surface area contributed by atoms with Crippen molar-refractivity contribution in [2.45, 2.75) is 6.92 Å². The first kappa shape index (κ1) is 8.46. The number of carbonyl (C=O) groups excluding carboxylic acids is 1. The maximum atomic E-state index is 10.6. The van der Waals surface area contributed by atoms with Crippen molar-refractivity contribution in [3.63, 3.8) is 0 Å². The van der Waals surface area contributed by atoms with Crippen molar-refractivity contribution in [2.24, 2.45) is 5.73 Å². The fraction of sp³-hybridized carbons (Fsp3) is 0.111. The van der Waals surface area contributed by atoms with Gasteiger partial charge in [-0.25, -0.2) is 0 Å². The van der Waals surface area contributed by atoms with Gasteiger partial charge in [-0.05, 0) is 12.5 Å². The van der Waals surface area contributed by atoms with Gasteiger partial charge in [-0.15, -0.1) is 0 Å². The van der Waals surface area contributed by atoms with Crippen LogP contribution in [-0.2, 0) is 4.79 Å². The first-order valence-corrected chi connectivity index (χ1v) is 3.57. The number of nitrogens with two attached hydrogens (primary N) is 1. The average Bonchev–Trinajstić information content (AvgIpc) is 2.04. The van der Waals surface area contributed by atoms with Gasteiger partial charge in [0.05, 0.1) is 0 Å². The van der Waals surface area contributed by atoms with Gasteiger partial charge in [0.2, 0.25) is 0 Å². The molecule has 3 N–H and O–H groups in total. The minimum atomic E-state index is -0.690. The van der Waals surface area contributed by atoms with Crippen LogP contribution in [0.1, 0.15) is 11.1 Å². The summed E-state index contributed by atoms with van der Waals surface area (Å²) in [5.41, 5.74) is 6.33. The summed E-state index contributed by atoms with van der Waals surface area (Å²) in [7, 11) is 0. The van der Waals surface area contributed by atoms with Crippen LogP contribution < -0.4 is 5.73 Å². The number of aryl methyl sites for hydroxylation is 1. The summed E-state index contributed by atoms with van der Waals surface area (Å²) in [4.78, 5) is 10.6. The van der Waals surface area contributed by atoms with Crippen LogP contribution in [0.15, 0.2) is 24.3 Å². The molecule has 12 heavy (non-hydrogen) atoms. The molecule has 0 radical (unpaired) electrons. The zero-order valence-corrected chi connectivity index (χ0v) is 6.79. The van der Waals surface area contributed by atoms with Crippen molar-refractivity contribution >= 4 is 11.6 Å². The van der Waals surface area contributed by atoms with Gasteiger partial charge in [0.15, 0.2) is 0 Å². The number of hydrogen-bond acceptors (Lipinski definition) is 2. The van der Waals surface area contributed by atoms with E-state index < -0.39 is 5.91 Å². The highest BCUT2D eigenvalue weighted by Crippen LogP contribution is 2.06. The monoisotopic (exact) mass is 162 g/mol. The Morgan fingerprint density at radius 2 is 2.00 bits per heavy atom. The van der Waals surface area contributed by atoms with Gasteiger partial charge in [0.1, 0.15) is 5.71 Å². The lowest BCUT2D eigenvalue weighted by atomic mass is 10.0. The Hall–Kier alpha value is -1.64. The van der Waals surface area contributed by atoms with E-state index in [1.165, 1.54) is 0 Å². The zero-order valence-electron chi connectivity index (χ0n) is 6.79. The molecule has 1 amide bonds. The van der Waals surface area contributed by atoms with Crippen LogP contribution in [0.25, 0.3) is 0 Å². The van der Waals surface area contributed by atoms with E-state index in [-0.39, 0.29) is 5.71 Å². The first-order valence-electron chi connectivity index (χ1n) is 3.57. The lowest BCUT2D eigenvalue weighted by molar-refractivity contribution is -0.112. The third kappa shape index (κ3) is 1.50. The summed E-state index contributed by atoms with van der Waals surface area (Å²) in [5.74, 6) is -0.690. The Morgan fingerprint density at radius 1 is 1.42 bits per heavy atom. The molecule has 0 unspecified atom stereocenters. The van der Waals surface area contributed by atoms with Crippen molar-refractivity contribution in [3.05, 3.63) is 35.4 Å². The predicted molar refractivity (Wildman–Crippen MR) is 47.2 cm³/mol. The minimum Gasteiger partial charge on any atom is -0.364 e. The molecule has 1 aromatic carbocycles. The quantitative estimate of drug-likeness (QED) is 0.622. The van der Waals surface area contributed by atoms with E-state index in [0.29, 0.717) is 5.56 Å². The van der Waals surface area contributed by atoms with Crippen LogP contribution in [-0.4, -0.2) is 11.6 Å². The molecule has 0 aliphatic heterocycles. The van der Waals surface area contributed by atoms with E-state index in [4.69, 9.17) is 11.1 Å². The van der Waals surface area contributed by atoms with Crippen molar-refractivity contribution < 1.29 is 4.79 Å². The summed E-state index contributed by atoms with van der Waals surface area (Å²) in [6.45, 7) is 1.84. The molecular weight excluding hydrogens is 152 g/mol. The molecule has 3 nitrogen and oxygen atoms in total. The molecule has 0 aromatic heterocycles. The number of amides is 1. The van der Waals surface area contributed by atoms with E-state index in [2.05, 4.69) is 0 Å². The highest BCUT2D eigenvalue weighted by Gasteiger charge is 2.08. The Kier molecular flexibility index (Phi) is 2.24. The van der Waals surface area contributed by atoms with Crippen LogP contribution in [0.2, 0.25) is 0 Å². The average molecular weight is 162 g/mol. The summed E-state index contributed by atoms with van der Waals surface area (Å²) < 4.78 is 0. The fourth-order valence-electron chi connectivity index (χ4n) is 0.986. The van der Waals surface area contributed by atoms with Gasteiger partial charge < -0.3 is 5.73 Å². The van der Waals surface area contributed by atoms with Crippen molar-refractivity contribution in [3.8, 4) is 0 Å². The standard InChI is InChI=1S/C9H10N2O/c1-6-4-2-3-5-7(6)8(10)9(11)12/h2-5,10H,1H3,(H2,11,12). The molecule has 0 aliphatic carbocycles. The molecule has 3 heteroatoms. The zero-order chi connectivity index (χ0) is 9.14. The highest BCUT2D eigenvalue weighted by atomic mass is 16.1. The lowest BCUT2D eigenvalue weighted by Gasteiger charge is -2.02. The smallest absolute Gasteiger partial charge is 0.267 e. The van der Waals surface area contributed by atoms with Gasteiger partial charge in [0, 0.05) is 5.56 Å². The number of nitrogens with one attached hydrogen (secondary N) is 1. The molecule has 0 aliphatic rings. The van der Waals surface area contributed by atoms with Crippen LogP contribution in [0.4, 0.5) is 0 Å². The molecule has 1 aromatic rings. The Balaban J connectivity index is 3.11. The number of hydrogen-bond donors (Lipinski definition) is 2. The van der Waals surface area contributed by atoms with Crippen LogP contribution in [0.5, 0.6) is 0 Å². The third-order valence-electron chi connectivity index (χ3n) is 1.66.